The normalized spacial score (nSPS) is 10.6. The largest absolute Gasteiger partial charge is 0.497 e. The molecule has 35 heavy (non-hydrogen) atoms. The zero-order valence-electron chi connectivity index (χ0n) is 19.8. The number of nitrogens with zero attached hydrogens (tertiary/aromatic N) is 1. The molecule has 0 unspecified atom stereocenters. The highest BCUT2D eigenvalue weighted by atomic mass is 16.5. The Morgan fingerprint density at radius 3 is 2.31 bits per heavy atom. The standard InChI is InChI=1S/C28H26N2O5/c1-18(19-9-8-12-21(15-19)33-2)29-17-24-26(28(32)35-4)30(20-10-6-5-7-11-20)25-16-22(34-3)13-14-23(25)27(24)31/h5-16,29H,1,17H2,2-4H3. The van der Waals surface area contributed by atoms with Gasteiger partial charge in [0.2, 0.25) is 0 Å². The number of aromatic nitrogens is 1. The maximum atomic E-state index is 13.7. The fraction of sp³-hybridized carbons (Fsp3) is 0.143. The smallest absolute Gasteiger partial charge is 0.355 e. The van der Waals surface area contributed by atoms with Gasteiger partial charge in [-0.2, -0.15) is 0 Å². The molecule has 0 spiro atoms. The van der Waals surface area contributed by atoms with Crippen LogP contribution in [0.3, 0.4) is 0 Å². The molecular formula is C28H26N2O5. The molecule has 3 aromatic carbocycles. The van der Waals surface area contributed by atoms with Crippen LogP contribution < -0.4 is 20.2 Å². The second kappa shape index (κ2) is 10.2. The van der Waals surface area contributed by atoms with Crippen LogP contribution in [-0.4, -0.2) is 31.9 Å². The topological polar surface area (TPSA) is 78.8 Å². The van der Waals surface area contributed by atoms with Gasteiger partial charge in [-0.25, -0.2) is 4.79 Å². The molecule has 7 nitrogen and oxygen atoms in total. The van der Waals surface area contributed by atoms with E-state index in [1.54, 1.807) is 37.0 Å². The monoisotopic (exact) mass is 470 g/mol. The molecule has 0 bridgehead atoms. The van der Waals surface area contributed by atoms with E-state index in [-0.39, 0.29) is 23.2 Å². The number of esters is 1. The lowest BCUT2D eigenvalue weighted by atomic mass is 10.0. The van der Waals surface area contributed by atoms with Crippen molar-refractivity contribution in [3.63, 3.8) is 0 Å². The predicted octanol–water partition coefficient (Wildman–Crippen LogP) is 4.56. The van der Waals surface area contributed by atoms with Gasteiger partial charge in [-0.3, -0.25) is 4.79 Å². The second-order valence-corrected chi connectivity index (χ2v) is 7.77. The summed E-state index contributed by atoms with van der Waals surface area (Å²) in [5.41, 5.74) is 2.76. The minimum atomic E-state index is -0.625. The van der Waals surface area contributed by atoms with Crippen LogP contribution in [0.2, 0.25) is 0 Å². The van der Waals surface area contributed by atoms with Crippen molar-refractivity contribution >= 4 is 22.6 Å². The molecule has 0 saturated carbocycles. The van der Waals surface area contributed by atoms with Crippen molar-refractivity contribution in [2.24, 2.45) is 0 Å². The number of carbonyl (C=O) groups is 1. The number of carbonyl (C=O) groups excluding carboxylic acids is 1. The summed E-state index contributed by atoms with van der Waals surface area (Å²) in [5.74, 6) is 0.626. The molecule has 0 aliphatic heterocycles. The molecule has 0 radical (unpaired) electrons. The van der Waals surface area contributed by atoms with E-state index in [0.717, 1.165) is 5.56 Å². The number of nitrogens with one attached hydrogen (secondary N) is 1. The lowest BCUT2D eigenvalue weighted by Gasteiger charge is -2.20. The summed E-state index contributed by atoms with van der Waals surface area (Å²) in [6.45, 7) is 4.16. The third-order valence-electron chi connectivity index (χ3n) is 5.76. The van der Waals surface area contributed by atoms with Crippen LogP contribution in [0.15, 0.2) is 84.2 Å². The van der Waals surface area contributed by atoms with Crippen LogP contribution >= 0.6 is 0 Å². The number of hydrogen-bond donors (Lipinski definition) is 1. The van der Waals surface area contributed by atoms with Gasteiger partial charge in [-0.15, -0.1) is 0 Å². The Balaban J connectivity index is 1.91. The molecular weight excluding hydrogens is 444 g/mol. The number of para-hydroxylation sites is 1. The molecule has 178 valence electrons. The first-order valence-electron chi connectivity index (χ1n) is 10.9. The van der Waals surface area contributed by atoms with Crippen LogP contribution in [0.1, 0.15) is 21.6 Å². The highest BCUT2D eigenvalue weighted by molar-refractivity contribution is 5.95. The van der Waals surface area contributed by atoms with Crippen molar-refractivity contribution in [2.75, 3.05) is 21.3 Å². The maximum absolute atomic E-state index is 13.7. The SMILES string of the molecule is C=C(NCc1c(C(=O)OC)n(-c2ccccc2)c2cc(OC)ccc2c1=O)c1cccc(OC)c1. The third kappa shape index (κ3) is 4.61. The Labute approximate surface area is 203 Å². The van der Waals surface area contributed by atoms with Crippen LogP contribution in [0.4, 0.5) is 0 Å². The van der Waals surface area contributed by atoms with Crippen molar-refractivity contribution in [1.82, 2.24) is 9.88 Å². The Morgan fingerprint density at radius 1 is 0.914 bits per heavy atom. The number of ether oxygens (including phenoxy) is 3. The molecule has 4 rings (SSSR count). The summed E-state index contributed by atoms with van der Waals surface area (Å²) in [6, 6.07) is 21.9. The molecule has 0 aliphatic carbocycles. The van der Waals surface area contributed by atoms with Gasteiger partial charge in [0.25, 0.3) is 0 Å². The summed E-state index contributed by atoms with van der Waals surface area (Å²) in [6.07, 6.45) is 0. The van der Waals surface area contributed by atoms with E-state index in [1.165, 1.54) is 7.11 Å². The van der Waals surface area contributed by atoms with E-state index in [4.69, 9.17) is 14.2 Å². The number of fused-ring (bicyclic) bond motifs is 1. The van der Waals surface area contributed by atoms with Gasteiger partial charge in [0.1, 0.15) is 17.2 Å². The van der Waals surface area contributed by atoms with E-state index < -0.39 is 5.97 Å². The summed E-state index contributed by atoms with van der Waals surface area (Å²) >= 11 is 0. The summed E-state index contributed by atoms with van der Waals surface area (Å²) < 4.78 is 17.5. The maximum Gasteiger partial charge on any atom is 0.355 e. The fourth-order valence-corrected chi connectivity index (χ4v) is 3.97. The first kappa shape index (κ1) is 23.6. The van der Waals surface area contributed by atoms with E-state index in [1.807, 2.05) is 54.6 Å². The minimum absolute atomic E-state index is 0.0636. The zero-order valence-corrected chi connectivity index (χ0v) is 19.8. The van der Waals surface area contributed by atoms with Crippen molar-refractivity contribution < 1.29 is 19.0 Å². The molecule has 0 fully saturated rings. The quantitative estimate of drug-likeness (QED) is 0.381. The first-order chi connectivity index (χ1) is 17.0. The number of hydrogen-bond acceptors (Lipinski definition) is 6. The third-order valence-corrected chi connectivity index (χ3v) is 5.76. The molecule has 0 amide bonds. The molecule has 7 heteroatoms. The minimum Gasteiger partial charge on any atom is -0.497 e. The van der Waals surface area contributed by atoms with Crippen LogP contribution in [0.5, 0.6) is 11.5 Å². The van der Waals surface area contributed by atoms with Gasteiger partial charge in [0.15, 0.2) is 5.43 Å². The predicted molar refractivity (Wildman–Crippen MR) is 136 cm³/mol. The lowest BCUT2D eigenvalue weighted by molar-refractivity contribution is 0.0589. The number of methoxy groups -OCH3 is 3. The van der Waals surface area contributed by atoms with Gasteiger partial charge in [-0.05, 0) is 36.4 Å². The Kier molecular flexibility index (Phi) is 6.87. The average molecular weight is 471 g/mol. The van der Waals surface area contributed by atoms with E-state index in [0.29, 0.717) is 33.8 Å². The van der Waals surface area contributed by atoms with E-state index in [9.17, 15) is 9.59 Å². The van der Waals surface area contributed by atoms with Crippen molar-refractivity contribution in [2.45, 2.75) is 6.54 Å². The van der Waals surface area contributed by atoms with E-state index >= 15 is 0 Å². The van der Waals surface area contributed by atoms with Crippen LogP contribution in [-0.2, 0) is 11.3 Å². The van der Waals surface area contributed by atoms with Gasteiger partial charge in [0, 0.05) is 34.9 Å². The van der Waals surface area contributed by atoms with Gasteiger partial charge in [-0.1, -0.05) is 36.9 Å². The number of pyridine rings is 1. The Bertz CT molecular complexity index is 1460. The molecule has 0 aliphatic rings. The Hall–Kier alpha value is -4.52. The molecule has 1 aromatic heterocycles. The number of rotatable bonds is 8. The second-order valence-electron chi connectivity index (χ2n) is 7.77. The molecule has 1 heterocycles. The fourth-order valence-electron chi connectivity index (χ4n) is 3.97. The molecule has 4 aromatic rings. The van der Waals surface area contributed by atoms with Crippen LogP contribution in [0.25, 0.3) is 22.3 Å². The lowest BCUT2D eigenvalue weighted by Crippen LogP contribution is -2.27. The molecule has 0 atom stereocenters. The first-order valence-corrected chi connectivity index (χ1v) is 10.9. The summed E-state index contributed by atoms with van der Waals surface area (Å²) in [5, 5.41) is 3.65. The molecule has 0 saturated heterocycles. The summed E-state index contributed by atoms with van der Waals surface area (Å²) in [7, 11) is 4.44. The van der Waals surface area contributed by atoms with Gasteiger partial charge < -0.3 is 24.1 Å². The highest BCUT2D eigenvalue weighted by Crippen LogP contribution is 2.26. The van der Waals surface area contributed by atoms with Gasteiger partial charge in [0.05, 0.1) is 32.4 Å². The highest BCUT2D eigenvalue weighted by Gasteiger charge is 2.24. The molecule has 1 N–H and O–H groups in total. The number of benzene rings is 3. The van der Waals surface area contributed by atoms with Crippen molar-refractivity contribution in [1.29, 1.82) is 0 Å². The van der Waals surface area contributed by atoms with Gasteiger partial charge >= 0.3 is 5.97 Å². The summed E-state index contributed by atoms with van der Waals surface area (Å²) in [4.78, 5) is 26.7. The van der Waals surface area contributed by atoms with Crippen LogP contribution in [0, 0.1) is 0 Å². The zero-order chi connectivity index (χ0) is 24.9. The Morgan fingerprint density at radius 2 is 1.63 bits per heavy atom. The van der Waals surface area contributed by atoms with Crippen molar-refractivity contribution in [3.05, 3.63) is 106 Å². The van der Waals surface area contributed by atoms with Crippen molar-refractivity contribution in [3.8, 4) is 17.2 Å². The average Bonchev–Trinajstić information content (AvgIpc) is 2.91. The van der Waals surface area contributed by atoms with E-state index in [2.05, 4.69) is 11.9 Å².